The third-order valence-electron chi connectivity index (χ3n) is 3.39. The molecule has 0 aromatic heterocycles. The molecular formula is C14H18O2. The van der Waals surface area contributed by atoms with Crippen molar-refractivity contribution in [3.8, 4) is 5.75 Å². The van der Waals surface area contributed by atoms with E-state index < -0.39 is 0 Å². The van der Waals surface area contributed by atoms with Gasteiger partial charge < -0.3 is 5.11 Å². The highest BCUT2D eigenvalue weighted by molar-refractivity contribution is 5.88. The summed E-state index contributed by atoms with van der Waals surface area (Å²) in [5.41, 5.74) is 2.03. The second kappa shape index (κ2) is 4.28. The van der Waals surface area contributed by atoms with Crippen molar-refractivity contribution in [2.45, 2.75) is 39.0 Å². The summed E-state index contributed by atoms with van der Waals surface area (Å²) in [5, 5.41) is 9.78. The van der Waals surface area contributed by atoms with E-state index in [-0.39, 0.29) is 11.8 Å². The van der Waals surface area contributed by atoms with E-state index >= 15 is 0 Å². The van der Waals surface area contributed by atoms with Gasteiger partial charge in [-0.3, -0.25) is 4.79 Å². The van der Waals surface area contributed by atoms with E-state index in [1.54, 1.807) is 6.07 Å². The van der Waals surface area contributed by atoms with E-state index in [2.05, 4.69) is 0 Å². The lowest BCUT2D eigenvalue weighted by Gasteiger charge is -2.26. The molecule has 0 saturated carbocycles. The summed E-state index contributed by atoms with van der Waals surface area (Å²) in [6.45, 7) is 3.89. The molecule has 0 saturated heterocycles. The van der Waals surface area contributed by atoms with Gasteiger partial charge in [-0.2, -0.15) is 0 Å². The zero-order valence-corrected chi connectivity index (χ0v) is 9.86. The number of hydrogen-bond donors (Lipinski definition) is 1. The Morgan fingerprint density at radius 3 is 2.88 bits per heavy atom. The van der Waals surface area contributed by atoms with Crippen LogP contribution in [-0.4, -0.2) is 10.9 Å². The minimum atomic E-state index is -0.00384. The van der Waals surface area contributed by atoms with Crippen molar-refractivity contribution in [2.24, 2.45) is 5.92 Å². The minimum Gasteiger partial charge on any atom is -0.508 e. The fraction of sp³-hybridized carbons (Fsp3) is 0.500. The smallest absolute Gasteiger partial charge is 0.142 e. The number of rotatable bonds is 2. The second-order valence-corrected chi connectivity index (χ2v) is 4.85. The number of ketones is 1. The predicted octanol–water partition coefficient (Wildman–Crippen LogP) is 3.04. The van der Waals surface area contributed by atoms with E-state index in [4.69, 9.17) is 0 Å². The molecule has 1 aromatic rings. The van der Waals surface area contributed by atoms with Crippen LogP contribution >= 0.6 is 0 Å². The Balaban J connectivity index is 2.41. The number of Topliss-reactive ketones (excluding diaryl/α,β-unsaturated/α-hetero) is 1. The molecule has 86 valence electrons. The number of fused-ring (bicyclic) bond motifs is 1. The number of phenols is 1. The van der Waals surface area contributed by atoms with Crippen molar-refractivity contribution >= 4 is 5.78 Å². The number of phenolic OH excluding ortho intramolecular Hbond substituents is 1. The van der Waals surface area contributed by atoms with E-state index in [0.29, 0.717) is 11.5 Å². The highest BCUT2D eigenvalue weighted by Crippen LogP contribution is 2.37. The number of carbonyl (C=O) groups is 1. The van der Waals surface area contributed by atoms with Gasteiger partial charge in [0.25, 0.3) is 0 Å². The summed E-state index contributed by atoms with van der Waals surface area (Å²) in [6.07, 6.45) is 2.81. The van der Waals surface area contributed by atoms with Crippen LogP contribution in [0.2, 0.25) is 0 Å². The lowest BCUT2D eigenvalue weighted by atomic mass is 9.77. The summed E-state index contributed by atoms with van der Waals surface area (Å²) < 4.78 is 0. The Kier molecular flexibility index (Phi) is 2.99. The van der Waals surface area contributed by atoms with Gasteiger partial charge in [0.1, 0.15) is 11.5 Å². The average Bonchev–Trinajstić information content (AvgIpc) is 2.28. The first-order chi connectivity index (χ1) is 7.61. The van der Waals surface area contributed by atoms with Crippen LogP contribution < -0.4 is 0 Å². The molecule has 1 aromatic carbocycles. The lowest BCUT2D eigenvalue weighted by Crippen LogP contribution is -2.22. The number of hydrogen-bond acceptors (Lipinski definition) is 2. The largest absolute Gasteiger partial charge is 0.508 e. The Morgan fingerprint density at radius 2 is 2.19 bits per heavy atom. The Labute approximate surface area is 96.3 Å². The SMILES string of the molecule is CC(C)C(=O)C1CCCc2c(O)cccc21. The second-order valence-electron chi connectivity index (χ2n) is 4.85. The first-order valence-electron chi connectivity index (χ1n) is 5.95. The fourth-order valence-corrected chi connectivity index (χ4v) is 2.53. The molecule has 0 spiro atoms. The highest BCUT2D eigenvalue weighted by Gasteiger charge is 2.28. The molecule has 2 nitrogen and oxygen atoms in total. The van der Waals surface area contributed by atoms with Crippen molar-refractivity contribution in [1.82, 2.24) is 0 Å². The Hall–Kier alpha value is -1.31. The van der Waals surface area contributed by atoms with Gasteiger partial charge in [-0.1, -0.05) is 26.0 Å². The number of carbonyl (C=O) groups excluding carboxylic acids is 1. The van der Waals surface area contributed by atoms with Crippen LogP contribution in [0.4, 0.5) is 0 Å². The van der Waals surface area contributed by atoms with Gasteiger partial charge in [-0.15, -0.1) is 0 Å². The first kappa shape index (κ1) is 11.2. The molecule has 2 rings (SSSR count). The molecule has 16 heavy (non-hydrogen) atoms. The van der Waals surface area contributed by atoms with Crippen molar-refractivity contribution in [3.63, 3.8) is 0 Å². The average molecular weight is 218 g/mol. The van der Waals surface area contributed by atoms with Crippen LogP contribution in [0.5, 0.6) is 5.75 Å². The third-order valence-corrected chi connectivity index (χ3v) is 3.39. The molecule has 0 amide bonds. The van der Waals surface area contributed by atoms with Gasteiger partial charge in [0.05, 0.1) is 0 Å². The molecule has 1 aliphatic carbocycles. The maximum atomic E-state index is 12.1. The molecule has 0 heterocycles. The van der Waals surface area contributed by atoms with Gasteiger partial charge >= 0.3 is 0 Å². The maximum Gasteiger partial charge on any atom is 0.142 e. The van der Waals surface area contributed by atoms with Gasteiger partial charge in [-0.25, -0.2) is 0 Å². The quantitative estimate of drug-likeness (QED) is 0.828. The molecule has 0 radical (unpaired) electrons. The number of benzene rings is 1. The third kappa shape index (κ3) is 1.84. The van der Waals surface area contributed by atoms with Gasteiger partial charge in [0.2, 0.25) is 0 Å². The van der Waals surface area contributed by atoms with E-state index in [0.717, 1.165) is 30.4 Å². The zero-order chi connectivity index (χ0) is 11.7. The molecule has 1 N–H and O–H groups in total. The normalized spacial score (nSPS) is 19.6. The summed E-state index contributed by atoms with van der Waals surface area (Å²) >= 11 is 0. The van der Waals surface area contributed by atoms with Gasteiger partial charge in [0, 0.05) is 11.8 Å². The molecule has 0 aliphatic heterocycles. The highest BCUT2D eigenvalue weighted by atomic mass is 16.3. The zero-order valence-electron chi connectivity index (χ0n) is 9.86. The molecule has 2 heteroatoms. The van der Waals surface area contributed by atoms with Crippen molar-refractivity contribution in [3.05, 3.63) is 29.3 Å². The summed E-state index contributed by atoms with van der Waals surface area (Å²) in [5.74, 6) is 0.708. The van der Waals surface area contributed by atoms with Gasteiger partial charge in [0.15, 0.2) is 0 Å². The van der Waals surface area contributed by atoms with Crippen LogP contribution in [0.1, 0.15) is 43.7 Å². The summed E-state index contributed by atoms with van der Waals surface area (Å²) in [7, 11) is 0. The van der Waals surface area contributed by atoms with Crippen molar-refractivity contribution in [2.75, 3.05) is 0 Å². The summed E-state index contributed by atoms with van der Waals surface area (Å²) in [4.78, 5) is 12.1. The molecular weight excluding hydrogens is 200 g/mol. The molecule has 1 atom stereocenters. The van der Waals surface area contributed by atoms with E-state index in [1.807, 2.05) is 26.0 Å². The standard InChI is InChI=1S/C14H18O2/c1-9(2)14(16)12-7-3-6-11-10(12)5-4-8-13(11)15/h4-5,8-9,12,15H,3,6-7H2,1-2H3. The van der Waals surface area contributed by atoms with Crippen LogP contribution in [0.3, 0.4) is 0 Å². The van der Waals surface area contributed by atoms with Crippen molar-refractivity contribution < 1.29 is 9.90 Å². The minimum absolute atomic E-state index is 0.00384. The van der Waals surface area contributed by atoms with Gasteiger partial charge in [-0.05, 0) is 36.5 Å². The summed E-state index contributed by atoms with van der Waals surface area (Å²) in [6, 6.07) is 5.53. The first-order valence-corrected chi connectivity index (χ1v) is 5.95. The van der Waals surface area contributed by atoms with E-state index in [9.17, 15) is 9.90 Å². The Morgan fingerprint density at radius 1 is 1.44 bits per heavy atom. The van der Waals surface area contributed by atoms with Crippen LogP contribution in [0.25, 0.3) is 0 Å². The molecule has 0 bridgehead atoms. The Bertz CT molecular complexity index is 407. The topological polar surface area (TPSA) is 37.3 Å². The lowest BCUT2D eigenvalue weighted by molar-refractivity contribution is -0.123. The maximum absolute atomic E-state index is 12.1. The number of aromatic hydroxyl groups is 1. The molecule has 1 unspecified atom stereocenters. The van der Waals surface area contributed by atoms with Crippen molar-refractivity contribution in [1.29, 1.82) is 0 Å². The molecule has 0 fully saturated rings. The van der Waals surface area contributed by atoms with Crippen LogP contribution in [0.15, 0.2) is 18.2 Å². The van der Waals surface area contributed by atoms with Crippen LogP contribution in [-0.2, 0) is 11.2 Å². The fourth-order valence-electron chi connectivity index (χ4n) is 2.53. The monoisotopic (exact) mass is 218 g/mol. The molecule has 1 aliphatic rings. The predicted molar refractivity (Wildman–Crippen MR) is 63.6 cm³/mol. The van der Waals surface area contributed by atoms with E-state index in [1.165, 1.54) is 0 Å². The van der Waals surface area contributed by atoms with Crippen LogP contribution in [0, 0.1) is 5.92 Å².